The minimum absolute atomic E-state index is 0.00825. The van der Waals surface area contributed by atoms with Crippen LogP contribution in [0, 0.1) is 6.92 Å². The van der Waals surface area contributed by atoms with Crippen molar-refractivity contribution in [3.05, 3.63) is 86.8 Å². The second-order valence-electron chi connectivity index (χ2n) is 6.01. The van der Waals surface area contributed by atoms with E-state index >= 15 is 0 Å². The van der Waals surface area contributed by atoms with E-state index in [2.05, 4.69) is 15.3 Å². The van der Waals surface area contributed by atoms with Crippen LogP contribution in [0.4, 0.5) is 5.69 Å². The standard InChI is InChI=1S/C20H18ClN3O2S/c1-13-7-8-15(9-17(13)21)22-18(25)10-16-11-19(26)24-20(23-16)27-12-14-5-3-2-4-6-14/h2-9,11H,10,12H2,1H3,(H,22,25)(H,23,24,26). The van der Waals surface area contributed by atoms with Crippen molar-refractivity contribution >= 4 is 35.0 Å². The highest BCUT2D eigenvalue weighted by Gasteiger charge is 2.09. The highest BCUT2D eigenvalue weighted by molar-refractivity contribution is 7.98. The molecular formula is C20H18ClN3O2S. The Kier molecular flexibility index (Phi) is 6.32. The van der Waals surface area contributed by atoms with Crippen molar-refractivity contribution in [1.29, 1.82) is 0 Å². The molecule has 2 N–H and O–H groups in total. The molecule has 7 heteroatoms. The van der Waals surface area contributed by atoms with Gasteiger partial charge in [0, 0.05) is 22.5 Å². The number of carbonyl (C=O) groups is 1. The van der Waals surface area contributed by atoms with Gasteiger partial charge in [-0.05, 0) is 30.2 Å². The average molecular weight is 400 g/mol. The van der Waals surface area contributed by atoms with Gasteiger partial charge in [-0.3, -0.25) is 9.59 Å². The van der Waals surface area contributed by atoms with Crippen LogP contribution in [0.25, 0.3) is 0 Å². The van der Waals surface area contributed by atoms with E-state index in [0.717, 1.165) is 11.1 Å². The summed E-state index contributed by atoms with van der Waals surface area (Å²) in [5, 5.41) is 3.85. The van der Waals surface area contributed by atoms with Crippen molar-refractivity contribution in [2.24, 2.45) is 0 Å². The zero-order chi connectivity index (χ0) is 19.2. The molecule has 0 saturated carbocycles. The fourth-order valence-electron chi connectivity index (χ4n) is 2.41. The minimum Gasteiger partial charge on any atom is -0.326 e. The molecule has 2 aromatic carbocycles. The van der Waals surface area contributed by atoms with Crippen molar-refractivity contribution in [3.8, 4) is 0 Å². The monoisotopic (exact) mass is 399 g/mol. The van der Waals surface area contributed by atoms with E-state index in [1.54, 1.807) is 12.1 Å². The van der Waals surface area contributed by atoms with Gasteiger partial charge in [0.15, 0.2) is 5.16 Å². The van der Waals surface area contributed by atoms with Gasteiger partial charge < -0.3 is 10.3 Å². The number of anilines is 1. The summed E-state index contributed by atoms with van der Waals surface area (Å²) in [6.07, 6.45) is 0.00825. The topological polar surface area (TPSA) is 74.8 Å². The predicted molar refractivity (Wildman–Crippen MR) is 109 cm³/mol. The number of nitrogens with one attached hydrogen (secondary N) is 2. The Morgan fingerprint density at radius 3 is 2.70 bits per heavy atom. The summed E-state index contributed by atoms with van der Waals surface area (Å²) >= 11 is 7.49. The SMILES string of the molecule is Cc1ccc(NC(=O)Cc2cc(=O)[nH]c(SCc3ccccc3)n2)cc1Cl. The van der Waals surface area contributed by atoms with Gasteiger partial charge in [0.1, 0.15) is 0 Å². The molecule has 0 aliphatic carbocycles. The van der Waals surface area contributed by atoms with Crippen LogP contribution in [-0.2, 0) is 17.0 Å². The molecule has 0 aliphatic rings. The summed E-state index contributed by atoms with van der Waals surface area (Å²) in [6.45, 7) is 1.89. The van der Waals surface area contributed by atoms with Gasteiger partial charge in [0.05, 0.1) is 12.1 Å². The molecule has 0 unspecified atom stereocenters. The molecule has 0 spiro atoms. The van der Waals surface area contributed by atoms with Crippen molar-refractivity contribution < 1.29 is 4.79 Å². The van der Waals surface area contributed by atoms with Crippen LogP contribution < -0.4 is 10.9 Å². The van der Waals surface area contributed by atoms with Gasteiger partial charge in [0.25, 0.3) is 5.56 Å². The van der Waals surface area contributed by atoms with Crippen molar-refractivity contribution in [3.63, 3.8) is 0 Å². The molecular weight excluding hydrogens is 382 g/mol. The Balaban J connectivity index is 1.65. The van der Waals surface area contributed by atoms with Gasteiger partial charge in [0.2, 0.25) is 5.91 Å². The first-order chi connectivity index (χ1) is 13.0. The number of carbonyl (C=O) groups excluding carboxylic acids is 1. The third-order valence-corrected chi connectivity index (χ3v) is 5.14. The molecule has 0 aliphatic heterocycles. The van der Waals surface area contributed by atoms with E-state index in [0.29, 0.717) is 27.3 Å². The van der Waals surface area contributed by atoms with Crippen LogP contribution in [0.1, 0.15) is 16.8 Å². The Labute approximate surface area is 166 Å². The summed E-state index contributed by atoms with van der Waals surface area (Å²) in [4.78, 5) is 31.2. The number of hydrogen-bond donors (Lipinski definition) is 2. The first kappa shape index (κ1) is 19.2. The number of rotatable bonds is 6. The lowest BCUT2D eigenvalue weighted by Gasteiger charge is -2.07. The minimum atomic E-state index is -0.276. The van der Waals surface area contributed by atoms with Crippen LogP contribution in [0.5, 0.6) is 0 Å². The van der Waals surface area contributed by atoms with Gasteiger partial charge in [-0.2, -0.15) is 0 Å². The fourth-order valence-corrected chi connectivity index (χ4v) is 3.44. The molecule has 1 heterocycles. The zero-order valence-electron chi connectivity index (χ0n) is 14.7. The fraction of sp³-hybridized carbons (Fsp3) is 0.150. The first-order valence-electron chi connectivity index (χ1n) is 8.32. The van der Waals surface area contributed by atoms with E-state index in [1.807, 2.05) is 43.3 Å². The maximum atomic E-state index is 12.3. The molecule has 5 nitrogen and oxygen atoms in total. The number of hydrogen-bond acceptors (Lipinski definition) is 4. The Morgan fingerprint density at radius 2 is 1.96 bits per heavy atom. The first-order valence-corrected chi connectivity index (χ1v) is 9.69. The largest absolute Gasteiger partial charge is 0.326 e. The lowest BCUT2D eigenvalue weighted by molar-refractivity contribution is -0.115. The van der Waals surface area contributed by atoms with E-state index in [1.165, 1.54) is 17.8 Å². The quantitative estimate of drug-likeness (QED) is 0.481. The number of aromatic amines is 1. The molecule has 0 radical (unpaired) electrons. The maximum absolute atomic E-state index is 12.3. The normalized spacial score (nSPS) is 10.6. The average Bonchev–Trinajstić information content (AvgIpc) is 2.63. The van der Waals surface area contributed by atoms with Crippen LogP contribution in [0.15, 0.2) is 64.5 Å². The summed E-state index contributed by atoms with van der Waals surface area (Å²) in [6, 6.07) is 16.6. The lowest BCUT2D eigenvalue weighted by atomic mass is 10.2. The molecule has 3 rings (SSSR count). The highest BCUT2D eigenvalue weighted by atomic mass is 35.5. The van der Waals surface area contributed by atoms with Gasteiger partial charge in [-0.1, -0.05) is 59.8 Å². The number of halogens is 1. The summed E-state index contributed by atoms with van der Waals surface area (Å²) in [5.74, 6) is 0.424. The molecule has 1 aromatic heterocycles. The van der Waals surface area contributed by atoms with Gasteiger partial charge in [-0.15, -0.1) is 0 Å². The zero-order valence-corrected chi connectivity index (χ0v) is 16.2. The number of aryl methyl sites for hydroxylation is 1. The van der Waals surface area contributed by atoms with Crippen LogP contribution in [0.2, 0.25) is 5.02 Å². The van der Waals surface area contributed by atoms with E-state index < -0.39 is 0 Å². The third kappa shape index (κ3) is 5.70. The van der Waals surface area contributed by atoms with Crippen LogP contribution >= 0.6 is 23.4 Å². The maximum Gasteiger partial charge on any atom is 0.251 e. The molecule has 3 aromatic rings. The smallest absolute Gasteiger partial charge is 0.251 e. The van der Waals surface area contributed by atoms with Crippen LogP contribution in [-0.4, -0.2) is 15.9 Å². The summed E-state index contributed by atoms with van der Waals surface area (Å²) < 4.78 is 0. The Morgan fingerprint density at radius 1 is 1.19 bits per heavy atom. The second kappa shape index (κ2) is 8.88. The Bertz CT molecular complexity index is 1010. The molecule has 0 fully saturated rings. The number of aromatic nitrogens is 2. The summed E-state index contributed by atoms with van der Waals surface area (Å²) in [5.41, 5.74) is 2.82. The molecule has 27 heavy (non-hydrogen) atoms. The van der Waals surface area contributed by atoms with Crippen LogP contribution in [0.3, 0.4) is 0 Å². The molecule has 0 bridgehead atoms. The van der Waals surface area contributed by atoms with E-state index in [9.17, 15) is 9.59 Å². The highest BCUT2D eigenvalue weighted by Crippen LogP contribution is 2.20. The summed E-state index contributed by atoms with van der Waals surface area (Å²) in [7, 11) is 0. The molecule has 0 saturated heterocycles. The number of amides is 1. The van der Waals surface area contributed by atoms with Crippen molar-refractivity contribution in [1.82, 2.24) is 9.97 Å². The Hall–Kier alpha value is -2.57. The molecule has 138 valence electrons. The van der Waals surface area contributed by atoms with Gasteiger partial charge in [-0.25, -0.2) is 4.98 Å². The number of benzene rings is 2. The van der Waals surface area contributed by atoms with Crippen molar-refractivity contribution in [2.45, 2.75) is 24.3 Å². The second-order valence-corrected chi connectivity index (χ2v) is 7.38. The van der Waals surface area contributed by atoms with Gasteiger partial charge >= 0.3 is 0 Å². The number of nitrogens with zero attached hydrogens (tertiary/aromatic N) is 1. The molecule has 1 amide bonds. The predicted octanol–water partition coefficient (Wildman–Crippen LogP) is 4.21. The number of H-pyrrole nitrogens is 1. The molecule has 0 atom stereocenters. The number of thioether (sulfide) groups is 1. The third-order valence-electron chi connectivity index (χ3n) is 3.79. The van der Waals surface area contributed by atoms with E-state index in [4.69, 9.17) is 11.6 Å². The van der Waals surface area contributed by atoms with E-state index in [-0.39, 0.29) is 17.9 Å². The van der Waals surface area contributed by atoms with Crippen molar-refractivity contribution in [2.75, 3.05) is 5.32 Å². The lowest BCUT2D eigenvalue weighted by Crippen LogP contribution is -2.18.